The standard InChI is InChI=1S/C31H21BrO2/c32-22-18-19-25-28(20-22)31(33,26-15-7-8-17-29(26)34-23-12-5-2-6-13-23)27-16-9-14-24(30(25)27)21-10-3-1-4-11-21/h1-20,33H. The van der Waals surface area contributed by atoms with Crippen LogP contribution in [0.2, 0.25) is 0 Å². The van der Waals surface area contributed by atoms with Gasteiger partial charge >= 0.3 is 0 Å². The number of aliphatic hydroxyl groups is 1. The molecule has 164 valence electrons. The third-order valence-electron chi connectivity index (χ3n) is 6.43. The van der Waals surface area contributed by atoms with Crippen molar-refractivity contribution < 1.29 is 9.84 Å². The highest BCUT2D eigenvalue weighted by molar-refractivity contribution is 9.10. The minimum atomic E-state index is -1.37. The van der Waals surface area contributed by atoms with Crippen molar-refractivity contribution in [3.05, 3.63) is 142 Å². The molecule has 0 radical (unpaired) electrons. The number of hydrogen-bond donors (Lipinski definition) is 1. The molecule has 0 bridgehead atoms. The van der Waals surface area contributed by atoms with Crippen LogP contribution in [0.15, 0.2) is 126 Å². The first-order chi connectivity index (χ1) is 16.7. The highest BCUT2D eigenvalue weighted by atomic mass is 79.9. The van der Waals surface area contributed by atoms with Crippen molar-refractivity contribution in [3.63, 3.8) is 0 Å². The fraction of sp³-hybridized carbons (Fsp3) is 0.0323. The first-order valence-electron chi connectivity index (χ1n) is 11.2. The average molecular weight is 505 g/mol. The van der Waals surface area contributed by atoms with E-state index in [0.29, 0.717) is 11.3 Å². The summed E-state index contributed by atoms with van der Waals surface area (Å²) in [5.41, 5.74) is 5.32. The zero-order valence-corrected chi connectivity index (χ0v) is 19.9. The normalized spacial score (nSPS) is 16.1. The molecular weight excluding hydrogens is 484 g/mol. The molecular formula is C31H21BrO2. The number of benzene rings is 5. The molecule has 1 aliphatic carbocycles. The van der Waals surface area contributed by atoms with Gasteiger partial charge in [-0.05, 0) is 52.6 Å². The van der Waals surface area contributed by atoms with Crippen molar-refractivity contribution in [2.75, 3.05) is 0 Å². The van der Waals surface area contributed by atoms with Crippen molar-refractivity contribution in [3.8, 4) is 33.8 Å². The SMILES string of the molecule is OC1(c2ccccc2Oc2ccccc2)c2cc(Br)ccc2-c2c(-c3ccccc3)cccc21. The van der Waals surface area contributed by atoms with E-state index in [1.165, 1.54) is 0 Å². The molecule has 2 nitrogen and oxygen atoms in total. The molecule has 34 heavy (non-hydrogen) atoms. The molecule has 1 aliphatic rings. The number of halogens is 1. The Balaban J connectivity index is 1.62. The van der Waals surface area contributed by atoms with Crippen LogP contribution in [0, 0.1) is 0 Å². The Labute approximate surface area is 207 Å². The summed E-state index contributed by atoms with van der Waals surface area (Å²) in [4.78, 5) is 0. The van der Waals surface area contributed by atoms with Crippen molar-refractivity contribution >= 4 is 15.9 Å². The summed E-state index contributed by atoms with van der Waals surface area (Å²) in [5, 5.41) is 12.6. The van der Waals surface area contributed by atoms with Gasteiger partial charge in [-0.2, -0.15) is 0 Å². The van der Waals surface area contributed by atoms with Gasteiger partial charge in [0.15, 0.2) is 0 Å². The highest BCUT2D eigenvalue weighted by Gasteiger charge is 2.46. The molecule has 1 atom stereocenters. The van der Waals surface area contributed by atoms with Crippen LogP contribution >= 0.6 is 15.9 Å². The van der Waals surface area contributed by atoms with Gasteiger partial charge in [-0.25, -0.2) is 0 Å². The second-order valence-corrected chi connectivity index (χ2v) is 9.32. The van der Waals surface area contributed by atoms with Crippen LogP contribution in [0.1, 0.15) is 16.7 Å². The van der Waals surface area contributed by atoms with Crippen LogP contribution in [0.5, 0.6) is 11.5 Å². The molecule has 0 fully saturated rings. The van der Waals surface area contributed by atoms with Crippen molar-refractivity contribution in [2.45, 2.75) is 5.60 Å². The van der Waals surface area contributed by atoms with Crippen LogP contribution in [0.4, 0.5) is 0 Å². The Hall–Kier alpha value is -3.66. The Bertz CT molecular complexity index is 1500. The molecule has 6 rings (SSSR count). The largest absolute Gasteiger partial charge is 0.457 e. The molecule has 0 heterocycles. The second-order valence-electron chi connectivity index (χ2n) is 8.41. The minimum absolute atomic E-state index is 0.625. The Morgan fingerprint density at radius 2 is 1.26 bits per heavy atom. The Morgan fingerprint density at radius 1 is 0.588 bits per heavy atom. The monoisotopic (exact) mass is 504 g/mol. The maximum Gasteiger partial charge on any atom is 0.145 e. The maximum atomic E-state index is 12.6. The van der Waals surface area contributed by atoms with E-state index in [1.807, 2.05) is 97.1 Å². The zero-order valence-electron chi connectivity index (χ0n) is 18.3. The summed E-state index contributed by atoms with van der Waals surface area (Å²) in [6, 6.07) is 40.0. The number of hydrogen-bond acceptors (Lipinski definition) is 2. The second kappa shape index (κ2) is 8.28. The average Bonchev–Trinajstić information content (AvgIpc) is 3.14. The molecule has 1 N–H and O–H groups in total. The number of fused-ring (bicyclic) bond motifs is 3. The number of rotatable bonds is 4. The van der Waals surface area contributed by atoms with Crippen LogP contribution < -0.4 is 4.74 Å². The lowest BCUT2D eigenvalue weighted by Crippen LogP contribution is -2.26. The van der Waals surface area contributed by atoms with E-state index < -0.39 is 5.60 Å². The van der Waals surface area contributed by atoms with Gasteiger partial charge in [-0.15, -0.1) is 0 Å². The topological polar surface area (TPSA) is 29.5 Å². The van der Waals surface area contributed by atoms with E-state index in [1.54, 1.807) is 0 Å². The third kappa shape index (κ3) is 3.28. The van der Waals surface area contributed by atoms with Crippen molar-refractivity contribution in [2.24, 2.45) is 0 Å². The summed E-state index contributed by atoms with van der Waals surface area (Å²) < 4.78 is 7.21. The van der Waals surface area contributed by atoms with Gasteiger partial charge < -0.3 is 9.84 Å². The van der Waals surface area contributed by atoms with Gasteiger partial charge in [-0.1, -0.05) is 107 Å². The Kier molecular flexibility index (Phi) is 5.09. The van der Waals surface area contributed by atoms with Gasteiger partial charge in [0.1, 0.15) is 17.1 Å². The lowest BCUT2D eigenvalue weighted by Gasteiger charge is -2.28. The van der Waals surface area contributed by atoms with Crippen LogP contribution in [-0.2, 0) is 5.60 Å². The molecule has 0 spiro atoms. The molecule has 1 unspecified atom stereocenters. The van der Waals surface area contributed by atoms with E-state index in [-0.39, 0.29) is 0 Å². The summed E-state index contributed by atoms with van der Waals surface area (Å²) in [5.74, 6) is 1.35. The predicted molar refractivity (Wildman–Crippen MR) is 140 cm³/mol. The van der Waals surface area contributed by atoms with E-state index in [9.17, 15) is 5.11 Å². The fourth-order valence-corrected chi connectivity index (χ4v) is 5.30. The molecule has 5 aromatic carbocycles. The first-order valence-corrected chi connectivity index (χ1v) is 12.0. The van der Waals surface area contributed by atoms with E-state index in [0.717, 1.165) is 43.6 Å². The Morgan fingerprint density at radius 3 is 2.06 bits per heavy atom. The molecule has 0 aromatic heterocycles. The molecule has 0 aliphatic heterocycles. The van der Waals surface area contributed by atoms with E-state index in [4.69, 9.17) is 4.74 Å². The number of ether oxygens (including phenoxy) is 1. The summed E-state index contributed by atoms with van der Waals surface area (Å²) >= 11 is 3.63. The van der Waals surface area contributed by atoms with Crippen molar-refractivity contribution in [1.82, 2.24) is 0 Å². The van der Waals surface area contributed by atoms with Crippen LogP contribution in [-0.4, -0.2) is 5.11 Å². The van der Waals surface area contributed by atoms with Gasteiger partial charge in [0, 0.05) is 21.2 Å². The smallest absolute Gasteiger partial charge is 0.145 e. The highest BCUT2D eigenvalue weighted by Crippen LogP contribution is 2.56. The lowest BCUT2D eigenvalue weighted by molar-refractivity contribution is 0.128. The van der Waals surface area contributed by atoms with Crippen molar-refractivity contribution in [1.29, 1.82) is 0 Å². The minimum Gasteiger partial charge on any atom is -0.457 e. The fourth-order valence-electron chi connectivity index (χ4n) is 4.94. The first kappa shape index (κ1) is 20.9. The molecule has 3 heteroatoms. The predicted octanol–water partition coefficient (Wildman–Crippen LogP) is 8.17. The van der Waals surface area contributed by atoms with E-state index >= 15 is 0 Å². The maximum absolute atomic E-state index is 12.6. The lowest BCUT2D eigenvalue weighted by atomic mass is 9.83. The quantitative estimate of drug-likeness (QED) is 0.267. The molecule has 0 saturated carbocycles. The molecule has 5 aromatic rings. The van der Waals surface area contributed by atoms with Gasteiger partial charge in [0.25, 0.3) is 0 Å². The summed E-state index contributed by atoms with van der Waals surface area (Å²) in [6.07, 6.45) is 0. The summed E-state index contributed by atoms with van der Waals surface area (Å²) in [6.45, 7) is 0. The third-order valence-corrected chi connectivity index (χ3v) is 6.92. The number of para-hydroxylation sites is 2. The van der Waals surface area contributed by atoms with E-state index in [2.05, 4.69) is 40.2 Å². The van der Waals surface area contributed by atoms with Crippen LogP contribution in [0.3, 0.4) is 0 Å². The molecule has 0 saturated heterocycles. The molecule has 0 amide bonds. The van der Waals surface area contributed by atoms with Gasteiger partial charge in [-0.3, -0.25) is 0 Å². The van der Waals surface area contributed by atoms with Crippen LogP contribution in [0.25, 0.3) is 22.3 Å². The summed E-state index contributed by atoms with van der Waals surface area (Å²) in [7, 11) is 0. The van der Waals surface area contributed by atoms with Gasteiger partial charge in [0.05, 0.1) is 0 Å². The van der Waals surface area contributed by atoms with Gasteiger partial charge in [0.2, 0.25) is 0 Å². The zero-order chi connectivity index (χ0) is 23.1.